The van der Waals surface area contributed by atoms with Gasteiger partial charge in [-0.15, -0.1) is 10.2 Å². The van der Waals surface area contributed by atoms with E-state index in [1.54, 1.807) is 0 Å². The quantitative estimate of drug-likeness (QED) is 0.136. The zero-order valence-corrected chi connectivity index (χ0v) is 20.3. The van der Waals surface area contributed by atoms with Gasteiger partial charge >= 0.3 is 0 Å². The van der Waals surface area contributed by atoms with Crippen LogP contribution in [0.3, 0.4) is 0 Å². The van der Waals surface area contributed by atoms with Crippen molar-refractivity contribution in [1.29, 1.82) is 0 Å². The van der Waals surface area contributed by atoms with Crippen LogP contribution in [0.15, 0.2) is 66.2 Å². The minimum absolute atomic E-state index is 0.0968. The van der Waals surface area contributed by atoms with Crippen molar-refractivity contribution >= 4 is 68.3 Å². The van der Waals surface area contributed by atoms with Crippen LogP contribution in [0.4, 0.5) is 17.1 Å². The predicted octanol–water partition coefficient (Wildman–Crippen LogP) is 1.53. The average Bonchev–Trinajstić information content (AvgIpc) is 2.69. The highest BCUT2D eigenvalue weighted by atomic mass is 32.2. The van der Waals surface area contributed by atoms with E-state index >= 15 is 0 Å². The van der Waals surface area contributed by atoms with Gasteiger partial charge in [0.25, 0.3) is 40.5 Å². The Morgan fingerprint density at radius 3 is 1.69 bits per heavy atom. The Kier molecular flexibility index (Phi) is 6.61. The maximum atomic E-state index is 12.0. The van der Waals surface area contributed by atoms with E-state index < -0.39 is 88.0 Å². The molecular weight excluding hydrogens is 570 g/mol. The molecule has 194 valence electrons. The lowest BCUT2D eigenvalue weighted by Crippen LogP contribution is -2.06. The maximum absolute atomic E-state index is 12.0. The lowest BCUT2D eigenvalue weighted by atomic mass is 10.1. The van der Waals surface area contributed by atoms with Crippen molar-refractivity contribution in [2.75, 3.05) is 5.73 Å². The Bertz CT molecular complexity index is 1900. The van der Waals surface area contributed by atoms with Crippen LogP contribution in [0.2, 0.25) is 0 Å². The molecule has 0 aliphatic carbocycles. The summed E-state index contributed by atoms with van der Waals surface area (Å²) in [7, 11) is -20.7. The number of rotatable bonds is 6. The van der Waals surface area contributed by atoms with Gasteiger partial charge < -0.3 is 10.8 Å². The molecule has 20 heteroatoms. The molecule has 7 N–H and O–H groups in total. The van der Waals surface area contributed by atoms with Gasteiger partial charge in [0.1, 0.15) is 26.1 Å². The fraction of sp³-hybridized carbons (Fsp3) is 0. The summed E-state index contributed by atoms with van der Waals surface area (Å²) in [4.78, 5) is -4.57. The van der Waals surface area contributed by atoms with Crippen molar-refractivity contribution in [3.05, 3.63) is 36.4 Å². The monoisotopic (exact) mass is 583 g/mol. The second-order valence-electron chi connectivity index (χ2n) is 6.92. The Hall–Kier alpha value is -3.24. The zero-order valence-electron chi connectivity index (χ0n) is 17.1. The molecule has 0 aliphatic rings. The van der Waals surface area contributed by atoms with Crippen LogP contribution in [0.1, 0.15) is 0 Å². The summed E-state index contributed by atoms with van der Waals surface area (Å²) in [6, 6.07) is 3.95. The summed E-state index contributed by atoms with van der Waals surface area (Å²) in [5.41, 5.74) is 3.58. The molecule has 0 saturated carbocycles. The number of hydrogen-bond donors (Lipinski definition) is 6. The van der Waals surface area contributed by atoms with Crippen LogP contribution < -0.4 is 5.73 Å². The number of phenols is 1. The predicted molar refractivity (Wildman–Crippen MR) is 120 cm³/mol. The van der Waals surface area contributed by atoms with Gasteiger partial charge in [-0.2, -0.15) is 33.7 Å². The molecule has 3 aromatic carbocycles. The van der Waals surface area contributed by atoms with Gasteiger partial charge in [0.05, 0.1) is 4.90 Å². The Balaban J connectivity index is 2.51. The van der Waals surface area contributed by atoms with E-state index in [2.05, 4.69) is 10.2 Å². The molecule has 0 fully saturated rings. The number of anilines is 1. The van der Waals surface area contributed by atoms with Crippen molar-refractivity contribution in [3.8, 4) is 5.75 Å². The van der Waals surface area contributed by atoms with Crippen molar-refractivity contribution in [2.45, 2.75) is 19.6 Å². The Morgan fingerprint density at radius 1 is 0.639 bits per heavy atom. The second-order valence-corrected chi connectivity index (χ2v) is 12.5. The third-order valence-corrected chi connectivity index (χ3v) is 7.94. The standard InChI is InChI=1S/C16H13N3O13S4/c17-8-1-2-11(34(24,25)26)10(5-8)18-19-15-13(36(30,31)32)4-7-3-9(33(21,22)23)6-12(35(27,28)29)14(7)16(15)20/h1-6,20H,17H2,(H,21,22,23)(H,24,25,26)(H,27,28,29)(H,30,31,32). The zero-order chi connectivity index (χ0) is 27.4. The van der Waals surface area contributed by atoms with E-state index in [1.807, 2.05) is 0 Å². The van der Waals surface area contributed by atoms with Crippen LogP contribution in [-0.2, 0) is 40.5 Å². The SMILES string of the molecule is Nc1ccc(S(=O)(=O)O)c(N=Nc2c(S(=O)(=O)O)cc3cc(S(=O)(=O)O)cc(S(=O)(=O)O)c3c2O)c1. The van der Waals surface area contributed by atoms with E-state index in [0.717, 1.165) is 18.2 Å². The van der Waals surface area contributed by atoms with Crippen molar-refractivity contribution in [3.63, 3.8) is 0 Å². The summed E-state index contributed by atoms with van der Waals surface area (Å²) in [5, 5.41) is 15.8. The molecular formula is C16H13N3O13S4. The first kappa shape index (κ1) is 27.3. The number of nitrogens with two attached hydrogens (primary N) is 1. The van der Waals surface area contributed by atoms with Crippen molar-refractivity contribution < 1.29 is 57.0 Å². The normalized spacial score (nSPS) is 13.4. The molecule has 3 rings (SSSR count). The van der Waals surface area contributed by atoms with Gasteiger partial charge in [0, 0.05) is 11.1 Å². The number of benzene rings is 3. The largest absolute Gasteiger partial charge is 0.505 e. The molecule has 0 radical (unpaired) electrons. The smallest absolute Gasteiger partial charge is 0.296 e. The van der Waals surface area contributed by atoms with E-state index in [-0.39, 0.29) is 11.8 Å². The van der Waals surface area contributed by atoms with Gasteiger partial charge in [-0.25, -0.2) is 0 Å². The lowest BCUT2D eigenvalue weighted by Gasteiger charge is -2.12. The molecule has 0 aliphatic heterocycles. The van der Waals surface area contributed by atoms with Crippen molar-refractivity contribution in [2.24, 2.45) is 10.2 Å². The van der Waals surface area contributed by atoms with Crippen LogP contribution in [-0.4, -0.2) is 57.0 Å². The van der Waals surface area contributed by atoms with Gasteiger partial charge in [0.2, 0.25) is 0 Å². The topological polar surface area (TPSA) is 288 Å². The summed E-state index contributed by atoms with van der Waals surface area (Å²) in [5.74, 6) is -1.38. The van der Waals surface area contributed by atoms with E-state index in [0.29, 0.717) is 12.1 Å². The number of hydrogen-bond acceptors (Lipinski definition) is 12. The van der Waals surface area contributed by atoms with Gasteiger partial charge in [-0.1, -0.05) is 0 Å². The van der Waals surface area contributed by atoms with Gasteiger partial charge in [-0.3, -0.25) is 18.2 Å². The first-order valence-corrected chi connectivity index (χ1v) is 14.5. The summed E-state index contributed by atoms with van der Waals surface area (Å²) >= 11 is 0. The summed E-state index contributed by atoms with van der Waals surface area (Å²) < 4.78 is 132. The minimum atomic E-state index is -5.35. The maximum Gasteiger partial charge on any atom is 0.296 e. The first-order chi connectivity index (χ1) is 16.2. The molecule has 0 spiro atoms. The molecule has 0 saturated heterocycles. The molecule has 0 bridgehead atoms. The van der Waals surface area contributed by atoms with Crippen LogP contribution in [0.5, 0.6) is 5.75 Å². The number of phenolic OH excluding ortho intramolecular Hbond substituents is 1. The van der Waals surface area contributed by atoms with Gasteiger partial charge in [0.15, 0.2) is 5.75 Å². The van der Waals surface area contributed by atoms with Crippen molar-refractivity contribution in [1.82, 2.24) is 0 Å². The molecule has 0 aromatic heterocycles. The van der Waals surface area contributed by atoms with Crippen LogP contribution in [0.25, 0.3) is 10.8 Å². The molecule has 3 aromatic rings. The van der Waals surface area contributed by atoms with Gasteiger partial charge in [-0.05, 0) is 41.8 Å². The molecule has 0 heterocycles. The molecule has 0 amide bonds. The summed E-state index contributed by atoms with van der Waals surface area (Å²) in [6.07, 6.45) is 0. The van der Waals surface area contributed by atoms with Crippen LogP contribution in [0, 0.1) is 0 Å². The summed E-state index contributed by atoms with van der Waals surface area (Å²) in [6.45, 7) is 0. The number of aromatic hydroxyl groups is 1. The fourth-order valence-electron chi connectivity index (χ4n) is 3.00. The number of fused-ring (bicyclic) bond motifs is 1. The highest BCUT2D eigenvalue weighted by Gasteiger charge is 2.28. The molecule has 0 unspecified atom stereocenters. The Labute approximate surface area is 202 Å². The van der Waals surface area contributed by atoms with E-state index in [1.165, 1.54) is 0 Å². The third-order valence-electron chi connectivity index (χ3n) is 4.46. The minimum Gasteiger partial charge on any atom is -0.505 e. The van der Waals surface area contributed by atoms with E-state index in [9.17, 15) is 57.0 Å². The molecule has 16 nitrogen and oxygen atoms in total. The highest BCUT2D eigenvalue weighted by molar-refractivity contribution is 7.87. The van der Waals surface area contributed by atoms with E-state index in [4.69, 9.17) is 5.73 Å². The number of nitrogens with zero attached hydrogens (tertiary/aromatic N) is 2. The fourth-order valence-corrected chi connectivity index (χ4v) is 5.63. The lowest BCUT2D eigenvalue weighted by molar-refractivity contribution is 0.469. The number of azo groups is 1. The first-order valence-electron chi connectivity index (χ1n) is 8.76. The molecule has 36 heavy (non-hydrogen) atoms. The average molecular weight is 584 g/mol. The number of nitrogen functional groups attached to an aromatic ring is 1. The molecule has 0 atom stereocenters. The third kappa shape index (κ3) is 5.44. The van der Waals surface area contributed by atoms with Crippen LogP contribution >= 0.6 is 0 Å². The second kappa shape index (κ2) is 8.70. The Morgan fingerprint density at radius 2 is 1.19 bits per heavy atom. The highest BCUT2D eigenvalue weighted by Crippen LogP contribution is 2.45.